The average molecular weight is 720 g/mol. The minimum atomic E-state index is 0.904. The van der Waals surface area contributed by atoms with Crippen LogP contribution in [0.4, 0.5) is 17.1 Å². The van der Waals surface area contributed by atoms with E-state index >= 15 is 0 Å². The SMILES string of the molecule is c1cc(-c2ccc3c(c2)sc2ccccc23)cc(N(c2ccc(-c3ccc4c(c3)oc3ccccc34)cc2)c2ccc(-c3cccc4ccccc34)cc2)c1. The van der Waals surface area contributed by atoms with E-state index in [0.29, 0.717) is 0 Å². The summed E-state index contributed by atoms with van der Waals surface area (Å²) in [7, 11) is 0. The largest absolute Gasteiger partial charge is 0.456 e. The molecule has 3 heteroatoms. The topological polar surface area (TPSA) is 16.4 Å². The highest BCUT2D eigenvalue weighted by Gasteiger charge is 2.16. The molecule has 0 N–H and O–H groups in total. The molecule has 0 radical (unpaired) electrons. The number of nitrogens with zero attached hydrogens (tertiary/aromatic N) is 1. The van der Waals surface area contributed by atoms with Crippen molar-refractivity contribution < 1.29 is 4.42 Å². The monoisotopic (exact) mass is 719 g/mol. The zero-order chi connectivity index (χ0) is 36.3. The number of rotatable bonds is 6. The second-order valence-electron chi connectivity index (χ2n) is 14.1. The number of anilines is 3. The predicted octanol–water partition coefficient (Wildman–Crippen LogP) is 15.6. The predicted molar refractivity (Wildman–Crippen MR) is 235 cm³/mol. The van der Waals surface area contributed by atoms with Gasteiger partial charge in [-0.25, -0.2) is 0 Å². The lowest BCUT2D eigenvalue weighted by atomic mass is 9.98. The van der Waals surface area contributed by atoms with Crippen molar-refractivity contribution in [2.45, 2.75) is 0 Å². The Balaban J connectivity index is 1.00. The van der Waals surface area contributed by atoms with Crippen LogP contribution in [0.1, 0.15) is 0 Å². The molecule has 11 rings (SSSR count). The van der Waals surface area contributed by atoms with Gasteiger partial charge in [-0.1, -0.05) is 133 Å². The molecule has 55 heavy (non-hydrogen) atoms. The van der Waals surface area contributed by atoms with Crippen molar-refractivity contribution >= 4 is 81.3 Å². The van der Waals surface area contributed by atoms with E-state index in [0.717, 1.165) is 50.1 Å². The second kappa shape index (κ2) is 12.9. The fourth-order valence-corrected chi connectivity index (χ4v) is 9.30. The summed E-state index contributed by atoms with van der Waals surface area (Å²) in [4.78, 5) is 2.36. The fraction of sp³-hybridized carbons (Fsp3) is 0. The molecule has 0 aliphatic heterocycles. The highest BCUT2D eigenvalue weighted by atomic mass is 32.1. The van der Waals surface area contributed by atoms with Gasteiger partial charge in [-0.3, -0.25) is 0 Å². The molecular formula is C52H33NOS. The lowest BCUT2D eigenvalue weighted by Gasteiger charge is -2.26. The third-order valence-corrected chi connectivity index (χ3v) is 12.0. The lowest BCUT2D eigenvalue weighted by Crippen LogP contribution is -2.10. The number of thiophene rings is 1. The van der Waals surface area contributed by atoms with Crippen molar-refractivity contribution in [3.05, 3.63) is 200 Å². The second-order valence-corrected chi connectivity index (χ2v) is 15.2. The quantitative estimate of drug-likeness (QED) is 0.170. The van der Waals surface area contributed by atoms with Gasteiger partial charge in [-0.05, 0) is 111 Å². The van der Waals surface area contributed by atoms with E-state index < -0.39 is 0 Å². The van der Waals surface area contributed by atoms with Gasteiger partial charge >= 0.3 is 0 Å². The van der Waals surface area contributed by atoms with E-state index in [1.165, 1.54) is 53.2 Å². The van der Waals surface area contributed by atoms with Crippen LogP contribution in [0.5, 0.6) is 0 Å². The summed E-state index contributed by atoms with van der Waals surface area (Å²) in [5, 5.41) is 7.42. The summed E-state index contributed by atoms with van der Waals surface area (Å²) in [6, 6.07) is 72.3. The van der Waals surface area contributed by atoms with Crippen LogP contribution in [0.2, 0.25) is 0 Å². The van der Waals surface area contributed by atoms with Crippen LogP contribution < -0.4 is 4.90 Å². The number of benzene rings is 9. The van der Waals surface area contributed by atoms with E-state index in [-0.39, 0.29) is 0 Å². The zero-order valence-corrected chi connectivity index (χ0v) is 30.6. The molecule has 11 aromatic rings. The highest BCUT2D eigenvalue weighted by molar-refractivity contribution is 7.25. The van der Waals surface area contributed by atoms with Crippen LogP contribution in [0.25, 0.3) is 86.3 Å². The van der Waals surface area contributed by atoms with Gasteiger partial charge in [0.15, 0.2) is 0 Å². The number of fused-ring (bicyclic) bond motifs is 7. The molecule has 0 saturated heterocycles. The molecule has 0 bridgehead atoms. The third-order valence-electron chi connectivity index (χ3n) is 10.9. The maximum absolute atomic E-state index is 6.24. The van der Waals surface area contributed by atoms with Crippen molar-refractivity contribution in [1.29, 1.82) is 0 Å². The Bertz CT molecular complexity index is 3200. The Kier molecular flexibility index (Phi) is 7.39. The maximum Gasteiger partial charge on any atom is 0.136 e. The van der Waals surface area contributed by atoms with Gasteiger partial charge in [-0.15, -0.1) is 11.3 Å². The Hall–Kier alpha value is -6.94. The molecular weight excluding hydrogens is 687 g/mol. The molecule has 2 nitrogen and oxygen atoms in total. The zero-order valence-electron chi connectivity index (χ0n) is 29.8. The summed E-state index contributed by atoms with van der Waals surface area (Å²) < 4.78 is 8.87. The molecule has 0 aliphatic rings. The van der Waals surface area contributed by atoms with Crippen LogP contribution in [-0.4, -0.2) is 0 Å². The van der Waals surface area contributed by atoms with Crippen molar-refractivity contribution in [2.75, 3.05) is 4.90 Å². The van der Waals surface area contributed by atoms with Crippen molar-refractivity contribution in [2.24, 2.45) is 0 Å². The molecule has 0 fully saturated rings. The van der Waals surface area contributed by atoms with Crippen LogP contribution in [0.3, 0.4) is 0 Å². The van der Waals surface area contributed by atoms with Gasteiger partial charge in [0.05, 0.1) is 0 Å². The molecule has 0 unspecified atom stereocenters. The molecule has 0 spiro atoms. The molecule has 0 saturated carbocycles. The van der Waals surface area contributed by atoms with Crippen molar-refractivity contribution in [3.63, 3.8) is 0 Å². The maximum atomic E-state index is 6.24. The first kappa shape index (κ1) is 31.6. The van der Waals surface area contributed by atoms with Crippen LogP contribution in [0.15, 0.2) is 205 Å². The summed E-state index contributed by atoms with van der Waals surface area (Å²) in [6.45, 7) is 0. The summed E-state index contributed by atoms with van der Waals surface area (Å²) in [6.07, 6.45) is 0. The average Bonchev–Trinajstić information content (AvgIpc) is 3.82. The Labute approximate surface area is 322 Å². The minimum Gasteiger partial charge on any atom is -0.456 e. The van der Waals surface area contributed by atoms with Gasteiger partial charge in [-0.2, -0.15) is 0 Å². The minimum absolute atomic E-state index is 0.904. The van der Waals surface area contributed by atoms with E-state index in [1.54, 1.807) is 0 Å². The number of para-hydroxylation sites is 1. The summed E-state index contributed by atoms with van der Waals surface area (Å²) >= 11 is 1.86. The van der Waals surface area contributed by atoms with Crippen LogP contribution in [-0.2, 0) is 0 Å². The van der Waals surface area contributed by atoms with E-state index in [1.807, 2.05) is 23.5 Å². The summed E-state index contributed by atoms with van der Waals surface area (Å²) in [5.74, 6) is 0. The Morgan fingerprint density at radius 3 is 1.75 bits per heavy atom. The number of hydrogen-bond acceptors (Lipinski definition) is 3. The standard InChI is InChI=1S/C52H33NOS/c1-2-13-43-35(9-1)10-8-16-44(43)36-21-27-41(28-22-36)53(40-25-19-34(20-26-40)38-23-29-46-45-14-3-5-17-49(45)54-50(46)32-38)42-12-7-11-37(31-42)39-24-30-48-47-15-4-6-18-51(47)55-52(48)33-39/h1-33H. The third kappa shape index (κ3) is 5.48. The first-order valence-electron chi connectivity index (χ1n) is 18.7. The Morgan fingerprint density at radius 1 is 0.327 bits per heavy atom. The smallest absolute Gasteiger partial charge is 0.136 e. The molecule has 9 aromatic carbocycles. The Morgan fingerprint density at radius 2 is 0.909 bits per heavy atom. The molecule has 0 amide bonds. The lowest BCUT2D eigenvalue weighted by molar-refractivity contribution is 0.669. The molecule has 2 aromatic heterocycles. The van der Waals surface area contributed by atoms with Gasteiger partial charge in [0.2, 0.25) is 0 Å². The number of furan rings is 1. The van der Waals surface area contributed by atoms with Gasteiger partial charge in [0.1, 0.15) is 11.2 Å². The molecule has 0 atom stereocenters. The van der Waals surface area contributed by atoms with E-state index in [4.69, 9.17) is 4.42 Å². The molecule has 0 aliphatic carbocycles. The first-order valence-corrected chi connectivity index (χ1v) is 19.5. The van der Waals surface area contributed by atoms with E-state index in [9.17, 15) is 0 Å². The first-order chi connectivity index (χ1) is 27.2. The van der Waals surface area contributed by atoms with Crippen LogP contribution in [0, 0.1) is 0 Å². The number of hydrogen-bond donors (Lipinski definition) is 0. The fourth-order valence-electron chi connectivity index (χ4n) is 8.15. The van der Waals surface area contributed by atoms with Gasteiger partial charge < -0.3 is 9.32 Å². The van der Waals surface area contributed by atoms with Crippen LogP contribution >= 0.6 is 11.3 Å². The van der Waals surface area contributed by atoms with Gasteiger partial charge in [0, 0.05) is 48.0 Å². The van der Waals surface area contributed by atoms with E-state index in [2.05, 4.69) is 193 Å². The highest BCUT2D eigenvalue weighted by Crippen LogP contribution is 2.41. The van der Waals surface area contributed by atoms with Gasteiger partial charge in [0.25, 0.3) is 0 Å². The summed E-state index contributed by atoms with van der Waals surface area (Å²) in [5.41, 5.74) is 12.2. The van der Waals surface area contributed by atoms with Crippen molar-refractivity contribution in [1.82, 2.24) is 0 Å². The molecule has 258 valence electrons. The molecule has 2 heterocycles. The van der Waals surface area contributed by atoms with Crippen molar-refractivity contribution in [3.8, 4) is 33.4 Å². The normalized spacial score (nSPS) is 11.6.